The first kappa shape index (κ1) is 63.3. The van der Waals surface area contributed by atoms with Crippen LogP contribution >= 0.6 is 11.8 Å². The van der Waals surface area contributed by atoms with E-state index in [9.17, 15) is 0 Å². The topological polar surface area (TPSA) is 13.1 Å². The summed E-state index contributed by atoms with van der Waals surface area (Å²) in [6.07, 6.45) is 0. The van der Waals surface area contributed by atoms with E-state index in [4.69, 9.17) is 0 Å². The Morgan fingerprint density at radius 3 is 1.17 bits per heavy atom. The molecular formula is C91H92BN3S. The molecule has 0 unspecified atom stereocenters. The van der Waals surface area contributed by atoms with E-state index in [0.29, 0.717) is 5.92 Å². The number of anilines is 3. The average molecular weight is 1270 g/mol. The molecule has 0 radical (unpaired) electrons. The number of nitrogens with zero attached hydrogens (tertiary/aromatic N) is 3. The number of hydrogen-bond acceptors (Lipinski definition) is 2. The summed E-state index contributed by atoms with van der Waals surface area (Å²) in [6, 6.07) is 83.5. The molecule has 0 bridgehead atoms. The number of hydrogen-bond donors (Lipinski definition) is 0. The molecule has 0 saturated carbocycles. The van der Waals surface area contributed by atoms with Gasteiger partial charge in [0.25, 0.3) is 0 Å². The van der Waals surface area contributed by atoms with Gasteiger partial charge >= 0.3 is 0 Å². The van der Waals surface area contributed by atoms with Gasteiger partial charge in [-0.15, -0.1) is 0 Å². The molecule has 4 heterocycles. The van der Waals surface area contributed by atoms with Gasteiger partial charge in [0.15, 0.2) is 0 Å². The minimum Gasteiger partial charge on any atom is -0.310 e. The summed E-state index contributed by atoms with van der Waals surface area (Å²) < 4.78 is 5.12. The Morgan fingerprint density at radius 1 is 0.344 bits per heavy atom. The van der Waals surface area contributed by atoms with Crippen molar-refractivity contribution in [3.63, 3.8) is 0 Å². The summed E-state index contributed by atoms with van der Waals surface area (Å²) in [6.45, 7) is 42.2. The molecule has 0 fully saturated rings. The van der Waals surface area contributed by atoms with E-state index in [1.807, 2.05) is 11.8 Å². The normalized spacial score (nSPS) is 13.5. The predicted octanol–water partition coefficient (Wildman–Crippen LogP) is 24.2. The third kappa shape index (κ3) is 10.6. The molecule has 11 aromatic carbocycles. The van der Waals surface area contributed by atoms with Crippen LogP contribution in [0.4, 0.5) is 17.1 Å². The molecule has 0 amide bonds. The van der Waals surface area contributed by atoms with Gasteiger partial charge in [-0.3, -0.25) is 0 Å². The van der Waals surface area contributed by atoms with Gasteiger partial charge in [0, 0.05) is 65.2 Å². The van der Waals surface area contributed by atoms with E-state index in [1.165, 1.54) is 165 Å². The summed E-state index contributed by atoms with van der Waals surface area (Å²) in [5.41, 5.74) is 31.6. The third-order valence-corrected chi connectivity index (χ3v) is 22.2. The van der Waals surface area contributed by atoms with Crippen LogP contribution in [0.3, 0.4) is 0 Å². The number of aromatic nitrogens is 2. The van der Waals surface area contributed by atoms with E-state index in [2.05, 4.69) is 351 Å². The second-order valence-corrected chi connectivity index (χ2v) is 33.9. The quantitative estimate of drug-likeness (QED) is 0.134. The highest BCUT2D eigenvalue weighted by Gasteiger charge is 2.43. The van der Waals surface area contributed by atoms with Crippen molar-refractivity contribution in [1.29, 1.82) is 0 Å². The highest BCUT2D eigenvalue weighted by Crippen LogP contribution is 2.53. The average Bonchev–Trinajstić information content (AvgIpc) is 0.705. The first-order chi connectivity index (χ1) is 45.6. The van der Waals surface area contributed by atoms with E-state index in [-0.39, 0.29) is 40.2 Å². The molecular weight excluding hydrogens is 1180 g/mol. The minimum atomic E-state index is -0.0974. The maximum atomic E-state index is 2.73. The zero-order valence-electron chi connectivity index (χ0n) is 59.8. The molecule has 2 aliphatic rings. The van der Waals surface area contributed by atoms with E-state index < -0.39 is 0 Å². The molecule has 0 saturated heterocycles. The zero-order valence-corrected chi connectivity index (χ0v) is 60.6. The highest BCUT2D eigenvalue weighted by molar-refractivity contribution is 8.00. The molecule has 0 atom stereocenters. The molecule has 0 aliphatic carbocycles. The van der Waals surface area contributed by atoms with Crippen LogP contribution in [-0.2, 0) is 21.7 Å². The maximum Gasteiger partial charge on any atom is 0.249 e. The van der Waals surface area contributed by atoms with Gasteiger partial charge in [-0.1, -0.05) is 269 Å². The smallest absolute Gasteiger partial charge is 0.249 e. The van der Waals surface area contributed by atoms with Gasteiger partial charge in [0.2, 0.25) is 6.71 Å². The Hall–Kier alpha value is -8.77. The molecule has 5 heteroatoms. The fourth-order valence-corrected chi connectivity index (χ4v) is 16.9. The first-order valence-electron chi connectivity index (χ1n) is 35.2. The lowest BCUT2D eigenvalue weighted by atomic mass is 9.34. The van der Waals surface area contributed by atoms with Crippen LogP contribution in [0.25, 0.3) is 88.4 Å². The first-order valence-corrected chi connectivity index (χ1v) is 36.0. The number of fused-ring (bicyclic) bond motifs is 10. The van der Waals surface area contributed by atoms with Crippen molar-refractivity contribution in [2.24, 2.45) is 0 Å². The van der Waals surface area contributed by atoms with Crippen molar-refractivity contribution in [2.45, 2.75) is 174 Å². The van der Waals surface area contributed by atoms with Crippen molar-refractivity contribution >= 4 is 95.5 Å². The van der Waals surface area contributed by atoms with Gasteiger partial charge in [-0.25, -0.2) is 0 Å². The molecule has 0 N–H and O–H groups in total. The standard InChI is InChI=1S/C91H92BN3S/c1-54(2)59-44-69(55(3)4)85(70(45-59)56(5)6)60-46-82-86-84(47-60)96-83-53-66(94-79-42-34-63(90(13,14)15)50-73(79)74-51-64(91(16,17)18)35-43-80(74)94)37-39-76(83)92(86)75-38-36-65(93-77-40-32-61(88(7,8)9)48-71(77)72-49-62(89(10,11)12)33-41-78(72)93)52-81(75)95(82)87-67(57-26-21-19-22-27-57)30-25-31-68(87)58-28-23-20-24-29-58/h19-56H,1-18H3. The largest absolute Gasteiger partial charge is 0.310 e. The van der Waals surface area contributed by atoms with Gasteiger partial charge in [0.05, 0.1) is 27.8 Å². The lowest BCUT2D eigenvalue weighted by Crippen LogP contribution is -2.60. The molecule has 480 valence electrons. The minimum absolute atomic E-state index is 0.00469. The molecule has 2 aliphatic heterocycles. The summed E-state index contributed by atoms with van der Waals surface area (Å²) in [4.78, 5) is 5.31. The number of para-hydroxylation sites is 1. The SMILES string of the molecule is CC(C)c1cc(C(C)C)c(-c2cc3c4c(c2)N(c2c(-c5ccccc5)cccc2-c2ccccc2)c2cc(-n5c6ccc(C(C)(C)C)cc6c6cc(C(C)(C)C)ccc65)ccc2B4c2ccc(-n4c5ccc(C(C)(C)C)cc5c5cc(C(C)(C)C)ccc54)cc2S3)c(C(C)C)c1. The van der Waals surface area contributed by atoms with Crippen LogP contribution in [0.5, 0.6) is 0 Å². The van der Waals surface area contributed by atoms with Crippen molar-refractivity contribution in [3.8, 4) is 44.8 Å². The molecule has 3 nitrogen and oxygen atoms in total. The van der Waals surface area contributed by atoms with E-state index in [1.54, 1.807) is 0 Å². The van der Waals surface area contributed by atoms with Crippen LogP contribution in [0.2, 0.25) is 0 Å². The van der Waals surface area contributed by atoms with Crippen LogP contribution in [-0.4, -0.2) is 15.8 Å². The predicted molar refractivity (Wildman–Crippen MR) is 418 cm³/mol. The Morgan fingerprint density at radius 2 is 0.760 bits per heavy atom. The summed E-state index contributed by atoms with van der Waals surface area (Å²) >= 11 is 1.97. The van der Waals surface area contributed by atoms with Crippen molar-refractivity contribution < 1.29 is 0 Å². The Balaban J connectivity index is 1.07. The highest BCUT2D eigenvalue weighted by atomic mass is 32.2. The zero-order chi connectivity index (χ0) is 67.4. The second kappa shape index (κ2) is 22.9. The second-order valence-electron chi connectivity index (χ2n) is 32.8. The van der Waals surface area contributed by atoms with Crippen LogP contribution in [0.15, 0.2) is 222 Å². The van der Waals surface area contributed by atoms with Crippen molar-refractivity contribution in [3.05, 3.63) is 251 Å². The lowest BCUT2D eigenvalue weighted by Gasteiger charge is -2.42. The molecule has 2 aromatic heterocycles. The summed E-state index contributed by atoms with van der Waals surface area (Å²) in [7, 11) is 0. The fourth-order valence-electron chi connectivity index (χ4n) is 15.6. The number of benzene rings is 11. The van der Waals surface area contributed by atoms with Gasteiger partial charge in [-0.2, -0.15) is 0 Å². The molecule has 13 aromatic rings. The summed E-state index contributed by atoms with van der Waals surface area (Å²) in [5, 5.41) is 5.17. The van der Waals surface area contributed by atoms with E-state index >= 15 is 0 Å². The van der Waals surface area contributed by atoms with Gasteiger partial charge in [-0.05, 0) is 196 Å². The summed E-state index contributed by atoms with van der Waals surface area (Å²) in [5.74, 6) is 0.954. The molecule has 96 heavy (non-hydrogen) atoms. The van der Waals surface area contributed by atoms with Crippen LogP contribution < -0.4 is 21.3 Å². The van der Waals surface area contributed by atoms with E-state index in [0.717, 1.165) is 5.69 Å². The molecule has 0 spiro atoms. The fraction of sp³-hybridized carbons (Fsp3) is 0.275. The third-order valence-electron chi connectivity index (χ3n) is 21.1. The van der Waals surface area contributed by atoms with Crippen molar-refractivity contribution in [1.82, 2.24) is 9.13 Å². The Labute approximate surface area is 575 Å². The Kier molecular flexibility index (Phi) is 15.1. The number of rotatable bonds is 9. The van der Waals surface area contributed by atoms with Crippen LogP contribution in [0, 0.1) is 0 Å². The van der Waals surface area contributed by atoms with Crippen molar-refractivity contribution in [2.75, 3.05) is 4.90 Å². The monoisotopic (exact) mass is 1270 g/mol. The van der Waals surface area contributed by atoms with Gasteiger partial charge in [0.1, 0.15) is 0 Å². The Bertz CT molecular complexity index is 5050. The maximum absolute atomic E-state index is 2.73. The molecule has 15 rings (SSSR count). The lowest BCUT2D eigenvalue weighted by molar-refractivity contribution is 0.590. The van der Waals surface area contributed by atoms with Gasteiger partial charge < -0.3 is 14.0 Å². The van der Waals surface area contributed by atoms with Crippen LogP contribution in [0.1, 0.15) is 181 Å².